The highest BCUT2D eigenvalue weighted by Crippen LogP contribution is 2.30. The van der Waals surface area contributed by atoms with Crippen LogP contribution in [0.15, 0.2) is 83.3 Å². The summed E-state index contributed by atoms with van der Waals surface area (Å²) in [5.41, 5.74) is 1.15. The first-order valence-corrected chi connectivity index (χ1v) is 7.80. The third kappa shape index (κ3) is 3.89. The zero-order valence-electron chi connectivity index (χ0n) is 11.9. The van der Waals surface area contributed by atoms with Gasteiger partial charge in [0.1, 0.15) is 23.9 Å². The Kier molecular flexibility index (Phi) is 4.76. The summed E-state index contributed by atoms with van der Waals surface area (Å²) in [6.07, 6.45) is 0. The Morgan fingerprint density at radius 2 is 1.32 bits per heavy atom. The molecule has 0 radical (unpaired) electrons. The van der Waals surface area contributed by atoms with Crippen molar-refractivity contribution >= 4 is 15.9 Å². The number of hydrogen-bond acceptors (Lipinski definition) is 2. The second kappa shape index (κ2) is 7.14. The minimum atomic E-state index is 0.561. The van der Waals surface area contributed by atoms with Gasteiger partial charge in [0.25, 0.3) is 0 Å². The van der Waals surface area contributed by atoms with Crippen LogP contribution in [0, 0.1) is 0 Å². The number of rotatable bonds is 5. The first-order valence-electron chi connectivity index (χ1n) is 7.00. The van der Waals surface area contributed by atoms with Crippen molar-refractivity contribution in [1.82, 2.24) is 0 Å². The SMILES string of the molecule is Brc1ccccc1Oc1ccc(OCc2ccccc2)cc1. The minimum Gasteiger partial charge on any atom is -0.489 e. The van der Waals surface area contributed by atoms with Crippen LogP contribution in [-0.2, 0) is 6.61 Å². The normalized spacial score (nSPS) is 10.2. The maximum Gasteiger partial charge on any atom is 0.141 e. The summed E-state index contributed by atoms with van der Waals surface area (Å²) >= 11 is 3.47. The van der Waals surface area contributed by atoms with Gasteiger partial charge in [-0.15, -0.1) is 0 Å². The molecule has 3 heteroatoms. The van der Waals surface area contributed by atoms with Gasteiger partial charge in [0.15, 0.2) is 0 Å². The molecule has 0 N–H and O–H groups in total. The Bertz CT molecular complexity index is 724. The Morgan fingerprint density at radius 1 is 0.682 bits per heavy atom. The number of halogens is 1. The summed E-state index contributed by atoms with van der Waals surface area (Å²) < 4.78 is 12.5. The molecule has 0 aliphatic carbocycles. The lowest BCUT2D eigenvalue weighted by atomic mass is 10.2. The average molecular weight is 355 g/mol. The second-order valence-corrected chi connectivity index (χ2v) is 5.63. The fourth-order valence-corrected chi connectivity index (χ4v) is 2.36. The highest BCUT2D eigenvalue weighted by molar-refractivity contribution is 9.10. The van der Waals surface area contributed by atoms with Crippen LogP contribution in [-0.4, -0.2) is 0 Å². The molecule has 0 atom stereocenters. The molecule has 0 heterocycles. The van der Waals surface area contributed by atoms with Crippen molar-refractivity contribution in [3.63, 3.8) is 0 Å². The van der Waals surface area contributed by atoms with Crippen molar-refractivity contribution in [2.24, 2.45) is 0 Å². The number of para-hydroxylation sites is 1. The first kappa shape index (κ1) is 14.7. The molecule has 3 aromatic carbocycles. The minimum absolute atomic E-state index is 0.561. The van der Waals surface area contributed by atoms with Crippen LogP contribution in [0.3, 0.4) is 0 Å². The molecule has 0 saturated carbocycles. The van der Waals surface area contributed by atoms with Gasteiger partial charge in [-0.2, -0.15) is 0 Å². The van der Waals surface area contributed by atoms with Crippen molar-refractivity contribution in [1.29, 1.82) is 0 Å². The first-order chi connectivity index (χ1) is 10.8. The van der Waals surface area contributed by atoms with E-state index in [1.165, 1.54) is 0 Å². The second-order valence-electron chi connectivity index (χ2n) is 4.78. The topological polar surface area (TPSA) is 18.5 Å². The van der Waals surface area contributed by atoms with Gasteiger partial charge < -0.3 is 9.47 Å². The lowest BCUT2D eigenvalue weighted by Gasteiger charge is -2.09. The van der Waals surface area contributed by atoms with Gasteiger partial charge in [-0.1, -0.05) is 42.5 Å². The van der Waals surface area contributed by atoms with E-state index in [0.717, 1.165) is 27.3 Å². The third-order valence-corrected chi connectivity index (χ3v) is 3.79. The fraction of sp³-hybridized carbons (Fsp3) is 0.0526. The van der Waals surface area contributed by atoms with Gasteiger partial charge in [-0.05, 0) is 57.9 Å². The summed E-state index contributed by atoms with van der Waals surface area (Å²) in [5, 5.41) is 0. The highest BCUT2D eigenvalue weighted by atomic mass is 79.9. The molecule has 0 fully saturated rings. The van der Waals surface area contributed by atoms with E-state index < -0.39 is 0 Å². The number of benzene rings is 3. The molecule has 0 aliphatic heterocycles. The summed E-state index contributed by atoms with van der Waals surface area (Å²) in [6.45, 7) is 0.561. The van der Waals surface area contributed by atoms with Gasteiger partial charge in [0, 0.05) is 0 Å². The molecule has 0 aromatic heterocycles. The van der Waals surface area contributed by atoms with Crippen LogP contribution in [0.5, 0.6) is 17.2 Å². The third-order valence-electron chi connectivity index (χ3n) is 3.14. The van der Waals surface area contributed by atoms with E-state index in [0.29, 0.717) is 6.61 Å². The molecule has 0 saturated heterocycles. The van der Waals surface area contributed by atoms with E-state index in [9.17, 15) is 0 Å². The quantitative estimate of drug-likeness (QED) is 0.574. The number of hydrogen-bond donors (Lipinski definition) is 0. The Labute approximate surface area is 138 Å². The maximum absolute atomic E-state index is 5.82. The van der Waals surface area contributed by atoms with E-state index in [1.54, 1.807) is 0 Å². The van der Waals surface area contributed by atoms with Crippen molar-refractivity contribution < 1.29 is 9.47 Å². The van der Waals surface area contributed by atoms with Gasteiger partial charge in [0.2, 0.25) is 0 Å². The summed E-state index contributed by atoms with van der Waals surface area (Å²) in [6, 6.07) is 25.5. The Balaban J connectivity index is 1.62. The molecule has 0 spiro atoms. The summed E-state index contributed by atoms with van der Waals surface area (Å²) in [5.74, 6) is 2.39. The van der Waals surface area contributed by atoms with Crippen molar-refractivity contribution in [3.8, 4) is 17.2 Å². The maximum atomic E-state index is 5.82. The zero-order valence-corrected chi connectivity index (χ0v) is 13.5. The van der Waals surface area contributed by atoms with E-state index in [-0.39, 0.29) is 0 Å². The number of ether oxygens (including phenoxy) is 2. The van der Waals surface area contributed by atoms with Crippen molar-refractivity contribution in [3.05, 3.63) is 88.9 Å². The van der Waals surface area contributed by atoms with E-state index in [1.807, 2.05) is 78.9 Å². The lowest BCUT2D eigenvalue weighted by Crippen LogP contribution is -1.94. The molecule has 22 heavy (non-hydrogen) atoms. The molecule has 110 valence electrons. The Hall–Kier alpha value is -2.26. The molecule has 0 unspecified atom stereocenters. The van der Waals surface area contributed by atoms with Gasteiger partial charge in [-0.3, -0.25) is 0 Å². The molecule has 3 aromatic rings. The predicted molar refractivity (Wildman–Crippen MR) is 91.4 cm³/mol. The molecule has 0 aliphatic rings. The van der Waals surface area contributed by atoms with E-state index in [2.05, 4.69) is 15.9 Å². The molecule has 2 nitrogen and oxygen atoms in total. The summed E-state index contributed by atoms with van der Waals surface area (Å²) in [4.78, 5) is 0. The fourth-order valence-electron chi connectivity index (χ4n) is 2.00. The molecular formula is C19H15BrO2. The van der Waals surface area contributed by atoms with Gasteiger partial charge >= 0.3 is 0 Å². The van der Waals surface area contributed by atoms with Crippen LogP contribution in [0.25, 0.3) is 0 Å². The smallest absolute Gasteiger partial charge is 0.141 e. The molecule has 3 rings (SSSR count). The zero-order chi connectivity index (χ0) is 15.2. The average Bonchev–Trinajstić information content (AvgIpc) is 2.57. The molecule has 0 bridgehead atoms. The van der Waals surface area contributed by atoms with E-state index >= 15 is 0 Å². The Morgan fingerprint density at radius 3 is 2.05 bits per heavy atom. The van der Waals surface area contributed by atoms with Crippen LogP contribution in [0.2, 0.25) is 0 Å². The highest BCUT2D eigenvalue weighted by Gasteiger charge is 2.02. The van der Waals surface area contributed by atoms with Crippen LogP contribution < -0.4 is 9.47 Å². The largest absolute Gasteiger partial charge is 0.489 e. The van der Waals surface area contributed by atoms with Crippen LogP contribution in [0.4, 0.5) is 0 Å². The van der Waals surface area contributed by atoms with E-state index in [4.69, 9.17) is 9.47 Å². The lowest BCUT2D eigenvalue weighted by molar-refractivity contribution is 0.306. The van der Waals surface area contributed by atoms with Crippen molar-refractivity contribution in [2.75, 3.05) is 0 Å². The van der Waals surface area contributed by atoms with Gasteiger partial charge in [0.05, 0.1) is 4.47 Å². The van der Waals surface area contributed by atoms with Crippen molar-refractivity contribution in [2.45, 2.75) is 6.61 Å². The van der Waals surface area contributed by atoms with Crippen LogP contribution in [0.1, 0.15) is 5.56 Å². The molecular weight excluding hydrogens is 340 g/mol. The monoisotopic (exact) mass is 354 g/mol. The summed E-state index contributed by atoms with van der Waals surface area (Å²) in [7, 11) is 0. The van der Waals surface area contributed by atoms with Gasteiger partial charge in [-0.25, -0.2) is 0 Å². The van der Waals surface area contributed by atoms with Crippen LogP contribution >= 0.6 is 15.9 Å². The molecule has 0 amide bonds. The predicted octanol–water partition coefficient (Wildman–Crippen LogP) is 5.82. The standard InChI is InChI=1S/C19H15BrO2/c20-18-8-4-5-9-19(18)22-17-12-10-16(11-13-17)21-14-15-6-2-1-3-7-15/h1-13H,14H2.